The van der Waals surface area contributed by atoms with Gasteiger partial charge in [-0.05, 0) is 19.1 Å². The third-order valence-electron chi connectivity index (χ3n) is 3.24. The Bertz CT molecular complexity index is 478. The predicted octanol–water partition coefficient (Wildman–Crippen LogP) is 0.930. The minimum Gasteiger partial charge on any atom is -0.378 e. The summed E-state index contributed by atoms with van der Waals surface area (Å²) < 4.78 is 5.29. The van der Waals surface area contributed by atoms with Gasteiger partial charge in [0.15, 0.2) is 0 Å². The van der Waals surface area contributed by atoms with E-state index in [-0.39, 0.29) is 30.3 Å². The zero-order valence-electron chi connectivity index (χ0n) is 12.5. The summed E-state index contributed by atoms with van der Waals surface area (Å²) in [7, 11) is 0. The van der Waals surface area contributed by atoms with Crippen LogP contribution in [0.2, 0.25) is 0 Å². The van der Waals surface area contributed by atoms with Gasteiger partial charge in [0.25, 0.3) is 0 Å². The Balaban J connectivity index is 0.00000242. The summed E-state index contributed by atoms with van der Waals surface area (Å²) >= 11 is 0. The molecule has 1 fully saturated rings. The van der Waals surface area contributed by atoms with Gasteiger partial charge in [-0.3, -0.25) is 9.59 Å². The summed E-state index contributed by atoms with van der Waals surface area (Å²) in [5.74, 6) is -0.392. The molecule has 2 unspecified atom stereocenters. The van der Waals surface area contributed by atoms with Crippen molar-refractivity contribution >= 4 is 29.9 Å². The summed E-state index contributed by atoms with van der Waals surface area (Å²) in [5, 5.41) is 8.66. The molecule has 2 amide bonds. The van der Waals surface area contributed by atoms with Gasteiger partial charge in [0.1, 0.15) is 6.04 Å². The van der Waals surface area contributed by atoms with Crippen molar-refractivity contribution in [3.63, 3.8) is 0 Å². The molecule has 0 bridgehead atoms. The summed E-state index contributed by atoms with van der Waals surface area (Å²) in [5.41, 5.74) is 0.714. The lowest BCUT2D eigenvalue weighted by Crippen LogP contribution is -2.47. The minimum atomic E-state index is -0.581. The number of carbonyl (C=O) groups is 2. The SMILES string of the molecule is CC(NC(=O)CC1COCCN1)C(=O)Nc1ccccc1.Cl. The first-order valence-corrected chi connectivity index (χ1v) is 7.11. The van der Waals surface area contributed by atoms with Crippen molar-refractivity contribution in [1.29, 1.82) is 0 Å². The maximum absolute atomic E-state index is 12.0. The highest BCUT2D eigenvalue weighted by Gasteiger charge is 2.20. The number of hydrogen-bond donors (Lipinski definition) is 3. The van der Waals surface area contributed by atoms with Crippen molar-refractivity contribution in [2.24, 2.45) is 0 Å². The van der Waals surface area contributed by atoms with Crippen LogP contribution in [0.5, 0.6) is 0 Å². The molecule has 1 aliphatic heterocycles. The largest absolute Gasteiger partial charge is 0.378 e. The van der Waals surface area contributed by atoms with Gasteiger partial charge in [-0.15, -0.1) is 12.4 Å². The van der Waals surface area contributed by atoms with Gasteiger partial charge in [-0.2, -0.15) is 0 Å². The normalized spacial score (nSPS) is 18.7. The van der Waals surface area contributed by atoms with Crippen LogP contribution in [0.3, 0.4) is 0 Å². The molecule has 2 rings (SSSR count). The number of para-hydroxylation sites is 1. The number of hydrogen-bond acceptors (Lipinski definition) is 4. The Labute approximate surface area is 136 Å². The molecule has 0 aromatic heterocycles. The van der Waals surface area contributed by atoms with E-state index in [1.165, 1.54) is 0 Å². The molecule has 122 valence electrons. The molecule has 1 aliphatic rings. The zero-order valence-corrected chi connectivity index (χ0v) is 13.3. The molecule has 0 saturated carbocycles. The molecule has 0 aliphatic carbocycles. The standard InChI is InChI=1S/C15H21N3O3.ClH/c1-11(15(20)18-12-5-3-2-4-6-12)17-14(19)9-13-10-21-8-7-16-13;/h2-6,11,13,16H,7-10H2,1H3,(H,17,19)(H,18,20);1H. The average Bonchev–Trinajstić information content (AvgIpc) is 2.49. The van der Waals surface area contributed by atoms with E-state index >= 15 is 0 Å². The minimum absolute atomic E-state index is 0. The van der Waals surface area contributed by atoms with Gasteiger partial charge in [0.2, 0.25) is 11.8 Å². The van der Waals surface area contributed by atoms with Crippen LogP contribution in [0.15, 0.2) is 30.3 Å². The van der Waals surface area contributed by atoms with Crippen molar-refractivity contribution in [3.05, 3.63) is 30.3 Å². The van der Waals surface area contributed by atoms with Crippen molar-refractivity contribution in [2.75, 3.05) is 25.1 Å². The second-order valence-electron chi connectivity index (χ2n) is 5.07. The molecule has 1 heterocycles. The molecule has 1 aromatic rings. The van der Waals surface area contributed by atoms with Crippen LogP contribution in [-0.4, -0.2) is 43.7 Å². The molecular formula is C15H22ClN3O3. The number of halogens is 1. The van der Waals surface area contributed by atoms with Crippen molar-refractivity contribution in [2.45, 2.75) is 25.4 Å². The van der Waals surface area contributed by atoms with Gasteiger partial charge in [0, 0.05) is 24.7 Å². The van der Waals surface area contributed by atoms with E-state index in [0.717, 1.165) is 6.54 Å². The van der Waals surface area contributed by atoms with Crippen LogP contribution in [0.25, 0.3) is 0 Å². The molecular weight excluding hydrogens is 306 g/mol. The number of carbonyl (C=O) groups excluding carboxylic acids is 2. The van der Waals surface area contributed by atoms with Crippen LogP contribution in [0.1, 0.15) is 13.3 Å². The van der Waals surface area contributed by atoms with E-state index < -0.39 is 6.04 Å². The molecule has 1 saturated heterocycles. The van der Waals surface area contributed by atoms with Gasteiger partial charge < -0.3 is 20.7 Å². The number of nitrogens with one attached hydrogen (secondary N) is 3. The quantitative estimate of drug-likeness (QED) is 0.751. The topological polar surface area (TPSA) is 79.5 Å². The Morgan fingerprint density at radius 2 is 2.09 bits per heavy atom. The Morgan fingerprint density at radius 3 is 2.73 bits per heavy atom. The number of ether oxygens (including phenoxy) is 1. The summed E-state index contributed by atoms with van der Waals surface area (Å²) in [6.45, 7) is 3.62. The molecule has 22 heavy (non-hydrogen) atoms. The lowest BCUT2D eigenvalue weighted by molar-refractivity contribution is -0.127. The summed E-state index contributed by atoms with van der Waals surface area (Å²) in [6, 6.07) is 8.60. The van der Waals surface area contributed by atoms with E-state index in [4.69, 9.17) is 4.74 Å². The average molecular weight is 328 g/mol. The van der Waals surface area contributed by atoms with E-state index in [9.17, 15) is 9.59 Å². The van der Waals surface area contributed by atoms with Crippen molar-refractivity contribution in [1.82, 2.24) is 10.6 Å². The van der Waals surface area contributed by atoms with Crippen LogP contribution in [-0.2, 0) is 14.3 Å². The van der Waals surface area contributed by atoms with Crippen LogP contribution in [0.4, 0.5) is 5.69 Å². The molecule has 7 heteroatoms. The fourth-order valence-corrected chi connectivity index (χ4v) is 2.11. The number of amides is 2. The third kappa shape index (κ3) is 6.01. The number of benzene rings is 1. The van der Waals surface area contributed by atoms with Crippen LogP contribution >= 0.6 is 12.4 Å². The highest BCUT2D eigenvalue weighted by molar-refractivity contribution is 5.96. The molecule has 0 spiro atoms. The lowest BCUT2D eigenvalue weighted by Gasteiger charge is -2.24. The van der Waals surface area contributed by atoms with E-state index in [1.54, 1.807) is 19.1 Å². The molecule has 6 nitrogen and oxygen atoms in total. The second kappa shape index (κ2) is 9.40. The third-order valence-corrected chi connectivity index (χ3v) is 3.24. The first kappa shape index (κ1) is 18.4. The van der Waals surface area contributed by atoms with Gasteiger partial charge in [-0.1, -0.05) is 18.2 Å². The molecule has 2 atom stereocenters. The molecule has 1 aromatic carbocycles. The fourth-order valence-electron chi connectivity index (χ4n) is 2.11. The highest BCUT2D eigenvalue weighted by atomic mass is 35.5. The van der Waals surface area contributed by atoms with Crippen LogP contribution < -0.4 is 16.0 Å². The van der Waals surface area contributed by atoms with E-state index in [2.05, 4.69) is 16.0 Å². The maximum atomic E-state index is 12.0. The smallest absolute Gasteiger partial charge is 0.246 e. The number of morpholine rings is 1. The van der Waals surface area contributed by atoms with Crippen molar-refractivity contribution in [3.8, 4) is 0 Å². The maximum Gasteiger partial charge on any atom is 0.246 e. The number of rotatable bonds is 5. The van der Waals surface area contributed by atoms with Gasteiger partial charge >= 0.3 is 0 Å². The first-order valence-electron chi connectivity index (χ1n) is 7.11. The lowest BCUT2D eigenvalue weighted by atomic mass is 10.2. The van der Waals surface area contributed by atoms with E-state index in [0.29, 0.717) is 25.3 Å². The molecule has 0 radical (unpaired) electrons. The Hall–Kier alpha value is -1.63. The second-order valence-corrected chi connectivity index (χ2v) is 5.07. The molecule has 3 N–H and O–H groups in total. The zero-order chi connectivity index (χ0) is 15.1. The Morgan fingerprint density at radius 1 is 1.36 bits per heavy atom. The highest BCUT2D eigenvalue weighted by Crippen LogP contribution is 2.05. The summed E-state index contributed by atoms with van der Waals surface area (Å²) in [4.78, 5) is 23.9. The van der Waals surface area contributed by atoms with Gasteiger partial charge in [-0.25, -0.2) is 0 Å². The number of anilines is 1. The monoisotopic (exact) mass is 327 g/mol. The van der Waals surface area contributed by atoms with Crippen LogP contribution in [0, 0.1) is 0 Å². The summed E-state index contributed by atoms with van der Waals surface area (Å²) in [6.07, 6.45) is 0.308. The fraction of sp³-hybridized carbons (Fsp3) is 0.467. The predicted molar refractivity (Wildman–Crippen MR) is 87.2 cm³/mol. The van der Waals surface area contributed by atoms with Crippen molar-refractivity contribution < 1.29 is 14.3 Å². The van der Waals surface area contributed by atoms with Gasteiger partial charge in [0.05, 0.1) is 13.2 Å². The Kier molecular flexibility index (Phi) is 7.87. The first-order chi connectivity index (χ1) is 10.1. The van der Waals surface area contributed by atoms with E-state index in [1.807, 2.05) is 18.2 Å².